The number of benzene rings is 1. The molecule has 122 valence electrons. The normalized spacial score (nSPS) is 14.9. The zero-order chi connectivity index (χ0) is 16.6. The Kier molecular flexibility index (Phi) is 4.10. The van der Waals surface area contributed by atoms with E-state index in [1.807, 2.05) is 13.8 Å². The highest BCUT2D eigenvalue weighted by molar-refractivity contribution is 5.65. The molecule has 0 bridgehead atoms. The number of fused-ring (bicyclic) bond motifs is 1. The molecule has 1 aromatic heterocycles. The SMILES string of the molecule is CC(C)c1nc2c(c(-c3ccc(C(F)(F)F)cc3)n1)CNCC2. The summed E-state index contributed by atoms with van der Waals surface area (Å²) >= 11 is 0. The van der Waals surface area contributed by atoms with Crippen molar-refractivity contribution in [2.75, 3.05) is 6.54 Å². The second kappa shape index (κ2) is 5.92. The summed E-state index contributed by atoms with van der Waals surface area (Å²) in [5.74, 6) is 0.906. The van der Waals surface area contributed by atoms with Crippen molar-refractivity contribution in [3.8, 4) is 11.3 Å². The smallest absolute Gasteiger partial charge is 0.312 e. The maximum absolute atomic E-state index is 12.7. The molecular weight excluding hydrogens is 303 g/mol. The number of hydrogen-bond acceptors (Lipinski definition) is 3. The number of halogens is 3. The number of hydrogen-bond donors (Lipinski definition) is 1. The van der Waals surface area contributed by atoms with Crippen molar-refractivity contribution in [3.63, 3.8) is 0 Å². The Balaban J connectivity index is 2.09. The van der Waals surface area contributed by atoms with Gasteiger partial charge in [-0.3, -0.25) is 0 Å². The maximum atomic E-state index is 12.7. The second-order valence-corrected chi connectivity index (χ2v) is 6.01. The number of rotatable bonds is 2. The predicted octanol–water partition coefficient (Wildman–Crippen LogP) is 3.93. The molecule has 0 unspecified atom stereocenters. The summed E-state index contributed by atoms with van der Waals surface area (Å²) in [5.41, 5.74) is 2.77. The number of nitrogens with zero attached hydrogens (tertiary/aromatic N) is 2. The zero-order valence-corrected chi connectivity index (χ0v) is 13.0. The van der Waals surface area contributed by atoms with Gasteiger partial charge in [-0.2, -0.15) is 13.2 Å². The first kappa shape index (κ1) is 15.9. The Morgan fingerprint density at radius 3 is 2.39 bits per heavy atom. The largest absolute Gasteiger partial charge is 0.416 e. The van der Waals surface area contributed by atoms with Crippen molar-refractivity contribution in [1.82, 2.24) is 15.3 Å². The maximum Gasteiger partial charge on any atom is 0.416 e. The molecule has 0 radical (unpaired) electrons. The predicted molar refractivity (Wildman–Crippen MR) is 82.0 cm³/mol. The Morgan fingerprint density at radius 1 is 1.09 bits per heavy atom. The molecule has 23 heavy (non-hydrogen) atoms. The Morgan fingerprint density at radius 2 is 1.78 bits per heavy atom. The van der Waals surface area contributed by atoms with Crippen molar-refractivity contribution in [1.29, 1.82) is 0 Å². The van der Waals surface area contributed by atoms with E-state index in [-0.39, 0.29) is 5.92 Å². The summed E-state index contributed by atoms with van der Waals surface area (Å²) in [4.78, 5) is 9.24. The van der Waals surface area contributed by atoms with Crippen molar-refractivity contribution < 1.29 is 13.2 Å². The van der Waals surface area contributed by atoms with Gasteiger partial charge in [0.1, 0.15) is 5.82 Å². The fourth-order valence-electron chi connectivity index (χ4n) is 2.68. The quantitative estimate of drug-likeness (QED) is 0.911. The summed E-state index contributed by atoms with van der Waals surface area (Å²) in [6.45, 7) is 5.52. The van der Waals surface area contributed by atoms with Gasteiger partial charge in [-0.25, -0.2) is 9.97 Å². The molecule has 1 aliphatic heterocycles. The summed E-state index contributed by atoms with van der Waals surface area (Å²) < 4.78 is 38.2. The molecule has 0 spiro atoms. The van der Waals surface area contributed by atoms with Gasteiger partial charge in [0, 0.05) is 36.6 Å². The molecule has 0 atom stereocenters. The van der Waals surface area contributed by atoms with Crippen LogP contribution in [0.2, 0.25) is 0 Å². The first-order valence-electron chi connectivity index (χ1n) is 7.64. The third-order valence-electron chi connectivity index (χ3n) is 3.95. The van der Waals surface area contributed by atoms with E-state index in [1.165, 1.54) is 12.1 Å². The Labute approximate surface area is 133 Å². The highest BCUT2D eigenvalue weighted by Gasteiger charge is 2.30. The van der Waals surface area contributed by atoms with E-state index in [0.29, 0.717) is 12.1 Å². The van der Waals surface area contributed by atoms with Crippen LogP contribution in [0.3, 0.4) is 0 Å². The highest BCUT2D eigenvalue weighted by Crippen LogP contribution is 2.32. The van der Waals surface area contributed by atoms with Crippen molar-refractivity contribution in [2.45, 2.75) is 38.9 Å². The van der Waals surface area contributed by atoms with Gasteiger partial charge in [-0.05, 0) is 12.1 Å². The van der Waals surface area contributed by atoms with E-state index in [0.717, 1.165) is 47.9 Å². The molecule has 0 saturated heterocycles. The van der Waals surface area contributed by atoms with Crippen LogP contribution in [0.4, 0.5) is 13.2 Å². The molecule has 3 nitrogen and oxygen atoms in total. The minimum Gasteiger partial charge on any atom is -0.312 e. The lowest BCUT2D eigenvalue weighted by Gasteiger charge is -2.21. The fraction of sp³-hybridized carbons (Fsp3) is 0.412. The van der Waals surface area contributed by atoms with Gasteiger partial charge in [-0.1, -0.05) is 26.0 Å². The van der Waals surface area contributed by atoms with Crippen LogP contribution in [0.15, 0.2) is 24.3 Å². The lowest BCUT2D eigenvalue weighted by atomic mass is 9.98. The second-order valence-electron chi connectivity index (χ2n) is 6.01. The van der Waals surface area contributed by atoms with Crippen LogP contribution in [0, 0.1) is 0 Å². The molecule has 2 aromatic rings. The van der Waals surface area contributed by atoms with Crippen LogP contribution in [0.5, 0.6) is 0 Å². The lowest BCUT2D eigenvalue weighted by Crippen LogP contribution is -2.26. The first-order chi connectivity index (χ1) is 10.9. The molecule has 0 aliphatic carbocycles. The highest BCUT2D eigenvalue weighted by atomic mass is 19.4. The summed E-state index contributed by atoms with van der Waals surface area (Å²) in [5, 5.41) is 3.28. The summed E-state index contributed by atoms with van der Waals surface area (Å²) in [6, 6.07) is 5.19. The lowest BCUT2D eigenvalue weighted by molar-refractivity contribution is -0.137. The van der Waals surface area contributed by atoms with E-state index >= 15 is 0 Å². The summed E-state index contributed by atoms with van der Waals surface area (Å²) in [7, 11) is 0. The molecule has 3 rings (SSSR count). The van der Waals surface area contributed by atoms with Gasteiger partial charge < -0.3 is 5.32 Å². The topological polar surface area (TPSA) is 37.8 Å². The van der Waals surface area contributed by atoms with E-state index in [9.17, 15) is 13.2 Å². The van der Waals surface area contributed by atoms with E-state index in [4.69, 9.17) is 0 Å². The van der Waals surface area contributed by atoms with Gasteiger partial charge in [-0.15, -0.1) is 0 Å². The molecule has 2 heterocycles. The van der Waals surface area contributed by atoms with Gasteiger partial charge in [0.05, 0.1) is 17.0 Å². The molecular formula is C17H18F3N3. The van der Waals surface area contributed by atoms with Crippen LogP contribution in [0.25, 0.3) is 11.3 Å². The van der Waals surface area contributed by atoms with Crippen LogP contribution in [0.1, 0.15) is 42.4 Å². The fourth-order valence-corrected chi connectivity index (χ4v) is 2.68. The molecule has 1 aromatic carbocycles. The van der Waals surface area contributed by atoms with Gasteiger partial charge in [0.2, 0.25) is 0 Å². The van der Waals surface area contributed by atoms with Crippen molar-refractivity contribution in [2.24, 2.45) is 0 Å². The molecule has 1 aliphatic rings. The number of alkyl halides is 3. The molecule has 0 fully saturated rings. The van der Waals surface area contributed by atoms with Crippen LogP contribution in [-0.4, -0.2) is 16.5 Å². The van der Waals surface area contributed by atoms with Crippen molar-refractivity contribution in [3.05, 3.63) is 46.9 Å². The minimum atomic E-state index is -4.33. The minimum absolute atomic E-state index is 0.170. The summed E-state index contributed by atoms with van der Waals surface area (Å²) in [6.07, 6.45) is -3.51. The Hall–Kier alpha value is -1.95. The van der Waals surface area contributed by atoms with Crippen molar-refractivity contribution >= 4 is 0 Å². The van der Waals surface area contributed by atoms with Gasteiger partial charge >= 0.3 is 6.18 Å². The first-order valence-corrected chi connectivity index (χ1v) is 7.64. The molecule has 6 heteroatoms. The molecule has 0 saturated carbocycles. The third kappa shape index (κ3) is 3.22. The zero-order valence-electron chi connectivity index (χ0n) is 13.0. The molecule has 1 N–H and O–H groups in total. The Bertz CT molecular complexity index is 706. The van der Waals surface area contributed by atoms with Crippen LogP contribution < -0.4 is 5.32 Å². The van der Waals surface area contributed by atoms with Crippen LogP contribution in [-0.2, 0) is 19.1 Å². The average molecular weight is 321 g/mol. The monoisotopic (exact) mass is 321 g/mol. The van der Waals surface area contributed by atoms with E-state index in [2.05, 4.69) is 15.3 Å². The third-order valence-corrected chi connectivity index (χ3v) is 3.95. The van der Waals surface area contributed by atoms with E-state index in [1.54, 1.807) is 0 Å². The average Bonchev–Trinajstić information content (AvgIpc) is 2.53. The van der Waals surface area contributed by atoms with Crippen LogP contribution >= 0.6 is 0 Å². The number of aromatic nitrogens is 2. The van der Waals surface area contributed by atoms with Gasteiger partial charge in [0.15, 0.2) is 0 Å². The van der Waals surface area contributed by atoms with Gasteiger partial charge in [0.25, 0.3) is 0 Å². The standard InChI is InChI=1S/C17H18F3N3/c1-10(2)16-22-14-7-8-21-9-13(14)15(23-16)11-3-5-12(6-4-11)17(18,19)20/h3-6,10,21H,7-9H2,1-2H3. The number of nitrogens with one attached hydrogen (secondary N) is 1. The molecule has 0 amide bonds. The van der Waals surface area contributed by atoms with E-state index < -0.39 is 11.7 Å².